The zero-order chi connectivity index (χ0) is 31.3. The normalized spacial score (nSPS) is 20.2. The van der Waals surface area contributed by atoms with Gasteiger partial charge in [-0.1, -0.05) is 60.7 Å². The summed E-state index contributed by atoms with van der Waals surface area (Å²) in [6, 6.07) is 14.9. The largest absolute Gasteiger partial charge is 0.445 e. The number of fused-ring (bicyclic) bond motifs is 1. The van der Waals surface area contributed by atoms with Crippen molar-refractivity contribution in [3.8, 4) is 0 Å². The van der Waals surface area contributed by atoms with Crippen molar-refractivity contribution < 1.29 is 42.4 Å². The Morgan fingerprint density at radius 2 is 1.60 bits per heavy atom. The van der Waals surface area contributed by atoms with Gasteiger partial charge in [0.25, 0.3) is 5.91 Å². The van der Waals surface area contributed by atoms with Gasteiger partial charge >= 0.3 is 18.0 Å². The Kier molecular flexibility index (Phi) is 9.64. The fourth-order valence-corrected chi connectivity index (χ4v) is 6.10. The van der Waals surface area contributed by atoms with E-state index in [1.165, 1.54) is 0 Å². The Morgan fingerprint density at radius 3 is 2.23 bits per heavy atom. The lowest BCUT2D eigenvalue weighted by Crippen LogP contribution is -2.74. The Labute approximate surface area is 251 Å². The van der Waals surface area contributed by atoms with Gasteiger partial charge in [0, 0.05) is 5.75 Å². The molecule has 4 rings (SSSR count). The van der Waals surface area contributed by atoms with E-state index in [1.807, 2.05) is 6.07 Å². The molecule has 0 aliphatic carbocycles. The van der Waals surface area contributed by atoms with Crippen molar-refractivity contribution in [1.29, 1.82) is 0 Å². The lowest BCUT2D eigenvalue weighted by molar-refractivity contribution is -0.173. The molecular weight excluding hydrogens is 578 g/mol. The second-order valence-electron chi connectivity index (χ2n) is 11.0. The van der Waals surface area contributed by atoms with Gasteiger partial charge in [-0.15, -0.1) is 0 Å². The van der Waals surface area contributed by atoms with Crippen molar-refractivity contribution in [1.82, 2.24) is 15.5 Å². The molecule has 0 radical (unpaired) electrons. The molecule has 43 heavy (non-hydrogen) atoms. The van der Waals surface area contributed by atoms with E-state index >= 15 is 0 Å². The van der Waals surface area contributed by atoms with Gasteiger partial charge in [-0.05, 0) is 44.4 Å². The van der Waals surface area contributed by atoms with E-state index in [1.54, 1.807) is 82.3 Å². The molecular formula is C30H33N3O9S. The second kappa shape index (κ2) is 13.2. The minimum Gasteiger partial charge on any atom is -0.445 e. The first-order valence-corrected chi connectivity index (χ1v) is 14.8. The molecule has 2 aromatic carbocycles. The molecule has 2 aliphatic rings. The molecule has 4 atom stereocenters. The first kappa shape index (κ1) is 31.4. The number of alkyl carbamates (subject to hydrolysis) is 1. The fourth-order valence-electron chi connectivity index (χ4n) is 4.44. The van der Waals surface area contributed by atoms with Gasteiger partial charge in [-0.2, -0.15) is 0 Å². The van der Waals surface area contributed by atoms with Gasteiger partial charge in [0.15, 0.2) is 0 Å². The number of β-lactam (4-membered cyclic amide) rings is 1. The number of nitrogens with one attached hydrogen (secondary N) is 2. The Balaban J connectivity index is 1.43. The summed E-state index contributed by atoms with van der Waals surface area (Å²) < 4.78 is 28.4. The number of esters is 2. The zero-order valence-electron chi connectivity index (χ0n) is 24.2. The second-order valence-corrected chi connectivity index (χ2v) is 12.6. The zero-order valence-corrected chi connectivity index (χ0v) is 25.0. The third-order valence-electron chi connectivity index (χ3n) is 6.67. The molecule has 1 saturated heterocycles. The van der Waals surface area contributed by atoms with Gasteiger partial charge in [0.05, 0.1) is 16.2 Å². The van der Waals surface area contributed by atoms with Crippen LogP contribution in [0.2, 0.25) is 0 Å². The van der Waals surface area contributed by atoms with Crippen LogP contribution in [0.1, 0.15) is 44.9 Å². The SMILES string of the molecule is CC1=C(C(=O)OCOC(=O)C(C)(C)C)N2C(=O)C(NC(=O)C(NC(=O)OCc3ccccc3)c3ccccc3)[C@H]2S(=O)C1. The molecule has 2 aromatic rings. The van der Waals surface area contributed by atoms with Crippen LogP contribution < -0.4 is 10.6 Å². The van der Waals surface area contributed by atoms with Crippen LogP contribution in [-0.2, 0) is 50.8 Å². The first-order chi connectivity index (χ1) is 20.4. The molecule has 2 heterocycles. The highest BCUT2D eigenvalue weighted by molar-refractivity contribution is 7.86. The lowest BCUT2D eigenvalue weighted by atomic mass is 9.98. The third kappa shape index (κ3) is 7.28. The summed E-state index contributed by atoms with van der Waals surface area (Å²) in [6.45, 7) is 5.79. The van der Waals surface area contributed by atoms with Gasteiger partial charge in [0.2, 0.25) is 12.7 Å². The highest BCUT2D eigenvalue weighted by atomic mass is 32.2. The number of rotatable bonds is 9. The van der Waals surface area contributed by atoms with Crippen molar-refractivity contribution in [3.05, 3.63) is 83.1 Å². The Morgan fingerprint density at radius 1 is 0.977 bits per heavy atom. The molecule has 228 valence electrons. The molecule has 1 fully saturated rings. The van der Waals surface area contributed by atoms with Crippen LogP contribution in [0.25, 0.3) is 0 Å². The number of carbonyl (C=O) groups is 5. The van der Waals surface area contributed by atoms with Gasteiger partial charge < -0.3 is 24.8 Å². The number of benzene rings is 2. The molecule has 0 bridgehead atoms. The van der Waals surface area contributed by atoms with Crippen LogP contribution in [0.4, 0.5) is 4.79 Å². The maximum atomic E-state index is 13.4. The summed E-state index contributed by atoms with van der Waals surface area (Å²) in [5, 5.41) is 4.08. The van der Waals surface area contributed by atoms with Crippen LogP contribution in [0.5, 0.6) is 0 Å². The van der Waals surface area contributed by atoms with E-state index in [-0.39, 0.29) is 18.1 Å². The third-order valence-corrected chi connectivity index (χ3v) is 8.41. The van der Waals surface area contributed by atoms with Crippen molar-refractivity contribution >= 4 is 40.6 Å². The van der Waals surface area contributed by atoms with E-state index in [4.69, 9.17) is 14.2 Å². The molecule has 2 N–H and O–H groups in total. The highest BCUT2D eigenvalue weighted by Gasteiger charge is 2.57. The van der Waals surface area contributed by atoms with Gasteiger partial charge in [-0.3, -0.25) is 23.5 Å². The number of carbonyl (C=O) groups excluding carboxylic acids is 5. The smallest absolute Gasteiger partial charge is 0.408 e. The van der Waals surface area contributed by atoms with Crippen molar-refractivity contribution in [2.24, 2.45) is 5.41 Å². The molecule has 0 aromatic heterocycles. The van der Waals surface area contributed by atoms with Crippen LogP contribution in [-0.4, -0.2) is 62.9 Å². The standard InChI is InChI=1S/C30H33N3O9S/c1-18-16-43(39)26-22(25(35)33(26)23(18)27(36)41-17-42-28(37)30(2,3)4)31-24(34)21(20-13-9-6-10-14-20)32-29(38)40-15-19-11-7-5-8-12-19/h5-14,21-22,26H,15-17H2,1-4H3,(H,31,34)(H,32,38)/t21?,22?,26-,43?/m1/s1. The van der Waals surface area contributed by atoms with E-state index in [2.05, 4.69) is 10.6 Å². The average Bonchev–Trinajstić information content (AvgIpc) is 2.97. The van der Waals surface area contributed by atoms with Gasteiger partial charge in [0.1, 0.15) is 29.8 Å². The summed E-state index contributed by atoms with van der Waals surface area (Å²) in [7, 11) is -1.65. The summed E-state index contributed by atoms with van der Waals surface area (Å²) in [4.78, 5) is 65.2. The quantitative estimate of drug-likeness (QED) is 0.247. The molecule has 12 nitrogen and oxygen atoms in total. The maximum absolute atomic E-state index is 13.4. The van der Waals surface area contributed by atoms with E-state index in [0.717, 1.165) is 10.5 Å². The molecule has 0 spiro atoms. The maximum Gasteiger partial charge on any atom is 0.408 e. The lowest BCUT2D eigenvalue weighted by Gasteiger charge is -2.49. The van der Waals surface area contributed by atoms with Crippen LogP contribution in [0, 0.1) is 5.41 Å². The number of hydrogen-bond acceptors (Lipinski definition) is 9. The van der Waals surface area contributed by atoms with Crippen LogP contribution in [0.15, 0.2) is 71.9 Å². The molecule has 2 aliphatic heterocycles. The van der Waals surface area contributed by atoms with Crippen LogP contribution in [0.3, 0.4) is 0 Å². The minimum absolute atomic E-state index is 0.0209. The number of nitrogens with zero attached hydrogens (tertiary/aromatic N) is 1. The first-order valence-electron chi connectivity index (χ1n) is 13.5. The van der Waals surface area contributed by atoms with Gasteiger partial charge in [-0.25, -0.2) is 9.59 Å². The predicted molar refractivity (Wildman–Crippen MR) is 154 cm³/mol. The Hall–Kier alpha value is -4.52. The van der Waals surface area contributed by atoms with E-state index in [0.29, 0.717) is 11.1 Å². The number of hydrogen-bond donors (Lipinski definition) is 2. The van der Waals surface area contributed by atoms with Crippen molar-refractivity contribution in [2.45, 2.75) is 51.8 Å². The Bertz CT molecular complexity index is 1450. The highest BCUT2D eigenvalue weighted by Crippen LogP contribution is 2.35. The monoisotopic (exact) mass is 611 g/mol. The molecule has 13 heteroatoms. The summed E-state index contributed by atoms with van der Waals surface area (Å²) >= 11 is 0. The minimum atomic E-state index is -1.65. The van der Waals surface area contributed by atoms with Crippen LogP contribution >= 0.6 is 0 Å². The molecule has 3 unspecified atom stereocenters. The molecule has 0 saturated carbocycles. The fraction of sp³-hybridized carbons (Fsp3) is 0.367. The van der Waals surface area contributed by atoms with E-state index < -0.39 is 70.3 Å². The van der Waals surface area contributed by atoms with Crippen molar-refractivity contribution in [2.75, 3.05) is 12.5 Å². The van der Waals surface area contributed by atoms with E-state index in [9.17, 15) is 28.2 Å². The van der Waals surface area contributed by atoms with Crippen molar-refractivity contribution in [3.63, 3.8) is 0 Å². The number of ether oxygens (including phenoxy) is 3. The summed E-state index contributed by atoms with van der Waals surface area (Å²) in [6.07, 6.45) is -0.855. The predicted octanol–water partition coefficient (Wildman–Crippen LogP) is 2.43. The average molecular weight is 612 g/mol. The summed E-state index contributed by atoms with van der Waals surface area (Å²) in [5.41, 5.74) is 0.607. The molecule has 3 amide bonds. The number of amides is 3. The summed E-state index contributed by atoms with van der Waals surface area (Å²) in [5.74, 6) is -2.96. The topological polar surface area (TPSA) is 157 Å².